The van der Waals surface area contributed by atoms with Gasteiger partial charge in [0.2, 0.25) is 6.33 Å². The van der Waals surface area contributed by atoms with E-state index in [9.17, 15) is 0 Å². The Morgan fingerprint density at radius 2 is 2.36 bits per heavy atom. The maximum atomic E-state index is 4.87. The van der Waals surface area contributed by atoms with E-state index in [1.807, 2.05) is 17.7 Å². The standard InChI is InChI=1S/C6H6N4S/c1-9-4-7-10-6(9)3-2-5(11)8-10/h2-4H,1H3. The van der Waals surface area contributed by atoms with Gasteiger partial charge in [0.15, 0.2) is 0 Å². The monoisotopic (exact) mass is 166 g/mol. The first kappa shape index (κ1) is 6.48. The quantitative estimate of drug-likeness (QED) is 0.389. The number of rotatable bonds is 0. The van der Waals surface area contributed by atoms with E-state index in [2.05, 4.69) is 10.2 Å². The van der Waals surface area contributed by atoms with Crippen molar-refractivity contribution in [3.63, 3.8) is 0 Å². The molecule has 0 radical (unpaired) electrons. The van der Waals surface area contributed by atoms with E-state index < -0.39 is 0 Å². The van der Waals surface area contributed by atoms with Crippen molar-refractivity contribution in [1.82, 2.24) is 14.8 Å². The number of aromatic nitrogens is 4. The van der Waals surface area contributed by atoms with Crippen LogP contribution in [0.5, 0.6) is 0 Å². The Labute approximate surface area is 68.9 Å². The maximum absolute atomic E-state index is 4.87. The van der Waals surface area contributed by atoms with Crippen molar-refractivity contribution in [3.05, 3.63) is 18.5 Å². The minimum absolute atomic E-state index is 0.557. The third kappa shape index (κ3) is 0.932. The van der Waals surface area contributed by atoms with Crippen molar-refractivity contribution in [2.45, 2.75) is 5.03 Å². The van der Waals surface area contributed by atoms with Gasteiger partial charge < -0.3 is 12.6 Å². The van der Waals surface area contributed by atoms with E-state index in [0.717, 1.165) is 5.65 Å². The Balaban J connectivity index is 2.86. The largest absolute Gasteiger partial charge is 0.756 e. The molecule has 0 aliphatic heterocycles. The smallest absolute Gasteiger partial charge is 0.331 e. The fourth-order valence-electron chi connectivity index (χ4n) is 0.920. The van der Waals surface area contributed by atoms with Gasteiger partial charge in [-0.3, -0.25) is 0 Å². The molecule has 56 valence electrons. The van der Waals surface area contributed by atoms with Crippen LogP contribution in [0.2, 0.25) is 0 Å². The second kappa shape index (κ2) is 2.13. The molecule has 2 heterocycles. The molecule has 0 aromatic carbocycles. The molecule has 0 spiro atoms. The van der Waals surface area contributed by atoms with Crippen LogP contribution in [0.25, 0.3) is 5.65 Å². The molecule has 0 amide bonds. The van der Waals surface area contributed by atoms with Crippen LogP contribution in [0.15, 0.2) is 23.5 Å². The summed E-state index contributed by atoms with van der Waals surface area (Å²) in [5.74, 6) is 0. The van der Waals surface area contributed by atoms with Crippen LogP contribution in [0, 0.1) is 0 Å². The number of hydrogen-bond donors (Lipinski definition) is 0. The zero-order valence-electron chi connectivity index (χ0n) is 5.93. The molecule has 0 saturated heterocycles. The molecule has 0 bridgehead atoms. The Bertz CT molecular complexity index is 394. The molecular weight excluding hydrogens is 160 g/mol. The first-order valence-corrected chi connectivity index (χ1v) is 3.56. The highest BCUT2D eigenvalue weighted by atomic mass is 32.1. The molecule has 0 aliphatic carbocycles. The van der Waals surface area contributed by atoms with E-state index in [1.54, 1.807) is 12.4 Å². The molecule has 0 N–H and O–H groups in total. The van der Waals surface area contributed by atoms with Gasteiger partial charge >= 0.3 is 5.65 Å². The molecule has 0 saturated carbocycles. The minimum Gasteiger partial charge on any atom is -0.756 e. The first-order valence-electron chi connectivity index (χ1n) is 3.15. The molecule has 5 heteroatoms. The highest BCUT2D eigenvalue weighted by Gasteiger charge is 2.05. The summed E-state index contributed by atoms with van der Waals surface area (Å²) in [6, 6.07) is 3.68. The lowest BCUT2D eigenvalue weighted by Crippen LogP contribution is -2.28. The van der Waals surface area contributed by atoms with Gasteiger partial charge in [-0.15, -0.1) is 0 Å². The van der Waals surface area contributed by atoms with Crippen LogP contribution >= 0.6 is 0 Å². The van der Waals surface area contributed by atoms with E-state index >= 15 is 0 Å². The molecule has 2 aromatic rings. The maximum Gasteiger partial charge on any atom is 0.331 e. The fraction of sp³-hybridized carbons (Fsp3) is 0.167. The molecule has 11 heavy (non-hydrogen) atoms. The molecule has 0 fully saturated rings. The van der Waals surface area contributed by atoms with Gasteiger partial charge in [-0.25, -0.2) is 4.57 Å². The second-order valence-corrected chi connectivity index (χ2v) is 2.68. The van der Waals surface area contributed by atoms with E-state index in [-0.39, 0.29) is 0 Å². The second-order valence-electron chi connectivity index (χ2n) is 2.26. The molecule has 2 rings (SSSR count). The number of hydrogen-bond acceptors (Lipinski definition) is 3. The van der Waals surface area contributed by atoms with Crippen LogP contribution in [-0.2, 0) is 19.7 Å². The van der Waals surface area contributed by atoms with Crippen molar-refractivity contribution in [2.24, 2.45) is 7.05 Å². The Kier molecular flexibility index (Phi) is 1.25. The molecule has 4 nitrogen and oxygen atoms in total. The number of nitrogens with zero attached hydrogens (tertiary/aromatic N) is 4. The van der Waals surface area contributed by atoms with Crippen LogP contribution < -0.4 is 4.63 Å². The van der Waals surface area contributed by atoms with Crippen molar-refractivity contribution in [1.29, 1.82) is 0 Å². The van der Waals surface area contributed by atoms with Crippen molar-refractivity contribution < 1.29 is 4.63 Å². The lowest BCUT2D eigenvalue weighted by molar-refractivity contribution is -0.645. The average Bonchev–Trinajstić information content (AvgIpc) is 2.32. The molecule has 2 aromatic heterocycles. The van der Waals surface area contributed by atoms with E-state index in [1.165, 1.54) is 4.63 Å². The molecule has 0 aliphatic rings. The third-order valence-electron chi connectivity index (χ3n) is 1.47. The van der Waals surface area contributed by atoms with Gasteiger partial charge in [0.05, 0.1) is 7.05 Å². The summed E-state index contributed by atoms with van der Waals surface area (Å²) in [4.78, 5) is 0. The third-order valence-corrected chi connectivity index (χ3v) is 1.69. The lowest BCUT2D eigenvalue weighted by atomic mass is 10.5. The zero-order chi connectivity index (χ0) is 7.84. The normalized spacial score (nSPS) is 10.6. The van der Waals surface area contributed by atoms with Crippen molar-refractivity contribution in [3.8, 4) is 0 Å². The molecule has 0 unspecified atom stereocenters. The predicted molar refractivity (Wildman–Crippen MR) is 39.8 cm³/mol. The summed E-state index contributed by atoms with van der Waals surface area (Å²) in [6.07, 6.45) is 1.69. The average molecular weight is 166 g/mol. The summed E-state index contributed by atoms with van der Waals surface area (Å²) in [6.45, 7) is 0. The first-order chi connectivity index (χ1) is 5.27. The van der Waals surface area contributed by atoms with Crippen molar-refractivity contribution in [2.75, 3.05) is 0 Å². The van der Waals surface area contributed by atoms with Crippen LogP contribution in [0.1, 0.15) is 0 Å². The predicted octanol–water partition coefficient (Wildman–Crippen LogP) is -0.540. The summed E-state index contributed by atoms with van der Waals surface area (Å²) in [5, 5.41) is 8.53. The van der Waals surface area contributed by atoms with Gasteiger partial charge in [0.1, 0.15) is 0 Å². The van der Waals surface area contributed by atoms with Crippen molar-refractivity contribution >= 4 is 18.3 Å². The van der Waals surface area contributed by atoms with Gasteiger partial charge in [-0.1, -0.05) is 11.2 Å². The highest BCUT2D eigenvalue weighted by molar-refractivity contribution is 7.58. The lowest BCUT2D eigenvalue weighted by Gasteiger charge is -1.95. The molecule has 0 atom stereocenters. The zero-order valence-corrected chi connectivity index (χ0v) is 6.75. The van der Waals surface area contributed by atoms with Gasteiger partial charge in [-0.2, -0.15) is 0 Å². The van der Waals surface area contributed by atoms with Crippen LogP contribution in [0.4, 0.5) is 0 Å². The topological polar surface area (TPSA) is 34.8 Å². The number of aryl methyl sites for hydroxylation is 1. The summed E-state index contributed by atoms with van der Waals surface area (Å²) < 4.78 is 3.39. The summed E-state index contributed by atoms with van der Waals surface area (Å²) in [7, 11) is 1.91. The van der Waals surface area contributed by atoms with Gasteiger partial charge in [0.25, 0.3) is 0 Å². The Morgan fingerprint density at radius 1 is 1.55 bits per heavy atom. The van der Waals surface area contributed by atoms with E-state index in [0.29, 0.717) is 5.03 Å². The SMILES string of the molecule is Cn1cn[n+]2nc([S-])ccc12. The van der Waals surface area contributed by atoms with Gasteiger partial charge in [0, 0.05) is 10.7 Å². The summed E-state index contributed by atoms with van der Waals surface area (Å²) >= 11 is 4.87. The molecular formula is C6H6N4S. The highest BCUT2D eigenvalue weighted by Crippen LogP contribution is 1.93. The van der Waals surface area contributed by atoms with Crippen LogP contribution in [0.3, 0.4) is 0 Å². The van der Waals surface area contributed by atoms with Crippen LogP contribution in [-0.4, -0.2) is 14.8 Å². The minimum atomic E-state index is 0.557. The van der Waals surface area contributed by atoms with E-state index in [4.69, 9.17) is 12.6 Å². The van der Waals surface area contributed by atoms with Gasteiger partial charge in [-0.05, 0) is 10.1 Å². The summed E-state index contributed by atoms with van der Waals surface area (Å²) in [5.41, 5.74) is 0.929. The fourth-order valence-corrected chi connectivity index (χ4v) is 1.06. The Hall–Kier alpha value is -1.23. The number of fused-ring (bicyclic) bond motifs is 1. The Morgan fingerprint density at radius 3 is 3.18 bits per heavy atom.